The van der Waals surface area contributed by atoms with Crippen LogP contribution in [0.4, 0.5) is 5.69 Å². The maximum absolute atomic E-state index is 13.0. The zero-order chi connectivity index (χ0) is 23.6. The van der Waals surface area contributed by atoms with Gasteiger partial charge in [-0.1, -0.05) is 56.3 Å². The van der Waals surface area contributed by atoms with Crippen LogP contribution < -0.4 is 10.6 Å². The predicted molar refractivity (Wildman–Crippen MR) is 128 cm³/mol. The zero-order valence-electron chi connectivity index (χ0n) is 19.0. The highest BCUT2D eigenvalue weighted by Crippen LogP contribution is 2.18. The van der Waals surface area contributed by atoms with Gasteiger partial charge in [0.05, 0.1) is 37.2 Å². The first kappa shape index (κ1) is 24.2. The molecular weight excluding hydrogens is 418 g/mol. The van der Waals surface area contributed by atoms with E-state index in [0.29, 0.717) is 23.6 Å². The molecule has 1 aromatic heterocycles. The van der Waals surface area contributed by atoms with Crippen LogP contribution in [-0.2, 0) is 17.9 Å². The first-order chi connectivity index (χ1) is 16.0. The number of amides is 2. The molecule has 7 nitrogen and oxygen atoms in total. The second kappa shape index (κ2) is 12.0. The van der Waals surface area contributed by atoms with Crippen molar-refractivity contribution >= 4 is 17.5 Å². The number of hydrogen-bond acceptors (Lipinski definition) is 5. The minimum absolute atomic E-state index is 0.0520. The molecule has 0 radical (unpaired) electrons. The van der Waals surface area contributed by atoms with Crippen LogP contribution >= 0.6 is 0 Å². The van der Waals surface area contributed by atoms with Gasteiger partial charge < -0.3 is 20.2 Å². The lowest BCUT2D eigenvalue weighted by atomic mass is 10.0. The Morgan fingerprint density at radius 3 is 2.39 bits per heavy atom. The van der Waals surface area contributed by atoms with Crippen LogP contribution in [0.15, 0.2) is 77.4 Å². The fourth-order valence-corrected chi connectivity index (χ4v) is 3.70. The van der Waals surface area contributed by atoms with E-state index in [1.807, 2.05) is 49.1 Å². The van der Waals surface area contributed by atoms with Crippen molar-refractivity contribution in [3.63, 3.8) is 0 Å². The van der Waals surface area contributed by atoms with Gasteiger partial charge in [-0.05, 0) is 35.7 Å². The normalized spacial score (nSPS) is 12.0. The van der Waals surface area contributed by atoms with Crippen molar-refractivity contribution in [2.45, 2.75) is 33.0 Å². The van der Waals surface area contributed by atoms with Crippen LogP contribution in [-0.4, -0.2) is 41.0 Å². The molecule has 3 aromatic rings. The van der Waals surface area contributed by atoms with E-state index in [2.05, 4.69) is 10.6 Å². The van der Waals surface area contributed by atoms with E-state index in [0.717, 1.165) is 5.56 Å². The average Bonchev–Trinajstić information content (AvgIpc) is 3.32. The highest BCUT2D eigenvalue weighted by atomic mass is 16.3. The largest absolute Gasteiger partial charge is 0.467 e. The van der Waals surface area contributed by atoms with Crippen molar-refractivity contribution in [2.24, 2.45) is 5.92 Å². The molecule has 2 aromatic carbocycles. The van der Waals surface area contributed by atoms with Crippen molar-refractivity contribution < 1.29 is 19.1 Å². The number of rotatable bonds is 11. The lowest BCUT2D eigenvalue weighted by Gasteiger charge is -2.32. The van der Waals surface area contributed by atoms with E-state index in [1.54, 1.807) is 42.7 Å². The molecule has 1 heterocycles. The maximum atomic E-state index is 13.0. The van der Waals surface area contributed by atoms with Crippen molar-refractivity contribution in [3.05, 3.63) is 89.9 Å². The number of aliphatic hydroxyl groups excluding tert-OH is 1. The Balaban J connectivity index is 1.70. The number of carbonyl (C=O) groups excluding carboxylic acids is 2. The van der Waals surface area contributed by atoms with Gasteiger partial charge in [0.2, 0.25) is 5.91 Å². The van der Waals surface area contributed by atoms with Gasteiger partial charge in [0, 0.05) is 12.6 Å². The maximum Gasteiger partial charge on any atom is 0.253 e. The van der Waals surface area contributed by atoms with Gasteiger partial charge >= 0.3 is 0 Å². The Morgan fingerprint density at radius 2 is 1.73 bits per heavy atom. The molecule has 2 amide bonds. The zero-order valence-corrected chi connectivity index (χ0v) is 19.0. The first-order valence-corrected chi connectivity index (χ1v) is 11.1. The molecule has 0 aliphatic rings. The number of furan rings is 1. The third-order valence-corrected chi connectivity index (χ3v) is 5.45. The third-order valence-electron chi connectivity index (χ3n) is 5.45. The van der Waals surface area contributed by atoms with E-state index in [1.165, 1.54) is 0 Å². The smallest absolute Gasteiger partial charge is 0.253 e. The summed E-state index contributed by atoms with van der Waals surface area (Å²) in [5.74, 6) is 0.242. The lowest BCUT2D eigenvalue weighted by Crippen LogP contribution is -2.45. The summed E-state index contributed by atoms with van der Waals surface area (Å²) < 4.78 is 5.25. The fourth-order valence-electron chi connectivity index (χ4n) is 3.70. The van der Waals surface area contributed by atoms with Crippen molar-refractivity contribution in [2.75, 3.05) is 18.5 Å². The summed E-state index contributed by atoms with van der Waals surface area (Å²) in [6.45, 7) is 4.86. The highest BCUT2D eigenvalue weighted by Gasteiger charge is 2.24. The summed E-state index contributed by atoms with van der Waals surface area (Å²) in [5, 5.41) is 15.6. The molecule has 174 valence electrons. The monoisotopic (exact) mass is 449 g/mol. The molecule has 0 fully saturated rings. The number of nitrogens with one attached hydrogen (secondary N) is 2. The summed E-state index contributed by atoms with van der Waals surface area (Å²) in [4.78, 5) is 27.7. The van der Waals surface area contributed by atoms with Crippen LogP contribution in [0, 0.1) is 5.92 Å². The van der Waals surface area contributed by atoms with E-state index in [-0.39, 0.29) is 43.5 Å². The molecule has 0 saturated carbocycles. The van der Waals surface area contributed by atoms with E-state index in [9.17, 15) is 14.7 Å². The Bertz CT molecular complexity index is 1020. The molecule has 0 bridgehead atoms. The molecule has 33 heavy (non-hydrogen) atoms. The van der Waals surface area contributed by atoms with Crippen molar-refractivity contribution in [3.8, 4) is 0 Å². The minimum atomic E-state index is -0.307. The lowest BCUT2D eigenvalue weighted by molar-refractivity contribution is -0.118. The SMILES string of the molecule is CC(C)C(CO)N(CC(=O)Nc1ccccc1C(=O)NCc1ccco1)Cc1ccccc1. The molecule has 1 unspecified atom stereocenters. The Morgan fingerprint density at radius 1 is 1.00 bits per heavy atom. The van der Waals surface area contributed by atoms with Crippen LogP contribution in [0.25, 0.3) is 0 Å². The van der Waals surface area contributed by atoms with Crippen LogP contribution in [0.1, 0.15) is 35.5 Å². The van der Waals surface area contributed by atoms with Gasteiger partial charge in [-0.15, -0.1) is 0 Å². The Hall–Kier alpha value is -3.42. The van der Waals surface area contributed by atoms with Crippen molar-refractivity contribution in [1.29, 1.82) is 0 Å². The van der Waals surface area contributed by atoms with Crippen LogP contribution in [0.5, 0.6) is 0 Å². The van der Waals surface area contributed by atoms with Gasteiger partial charge in [-0.25, -0.2) is 0 Å². The van der Waals surface area contributed by atoms with E-state index >= 15 is 0 Å². The van der Waals surface area contributed by atoms with Crippen LogP contribution in [0.3, 0.4) is 0 Å². The fraction of sp³-hybridized carbons (Fsp3) is 0.308. The minimum Gasteiger partial charge on any atom is -0.467 e. The highest BCUT2D eigenvalue weighted by molar-refractivity contribution is 6.04. The number of carbonyl (C=O) groups is 2. The molecular formula is C26H31N3O4. The summed E-state index contributed by atoms with van der Waals surface area (Å²) in [6, 6.07) is 20.1. The molecule has 0 spiro atoms. The van der Waals surface area contributed by atoms with Gasteiger partial charge in [0.15, 0.2) is 0 Å². The number of para-hydroxylation sites is 1. The topological polar surface area (TPSA) is 94.8 Å². The van der Waals surface area contributed by atoms with Gasteiger partial charge in [-0.2, -0.15) is 0 Å². The number of anilines is 1. The summed E-state index contributed by atoms with van der Waals surface area (Å²) in [6.07, 6.45) is 1.55. The Kier molecular flexibility index (Phi) is 8.80. The molecule has 0 aliphatic carbocycles. The average molecular weight is 450 g/mol. The van der Waals surface area contributed by atoms with Crippen molar-refractivity contribution in [1.82, 2.24) is 10.2 Å². The van der Waals surface area contributed by atoms with Gasteiger partial charge in [0.1, 0.15) is 5.76 Å². The second-order valence-electron chi connectivity index (χ2n) is 8.24. The number of hydrogen-bond donors (Lipinski definition) is 3. The second-order valence-corrected chi connectivity index (χ2v) is 8.24. The molecule has 0 saturated heterocycles. The molecule has 7 heteroatoms. The first-order valence-electron chi connectivity index (χ1n) is 11.1. The third kappa shape index (κ3) is 7.03. The summed E-state index contributed by atoms with van der Waals surface area (Å²) in [7, 11) is 0. The quantitative estimate of drug-likeness (QED) is 0.415. The Labute approximate surface area is 194 Å². The van der Waals surface area contributed by atoms with Gasteiger partial charge in [0.25, 0.3) is 5.91 Å². The molecule has 3 N–H and O–H groups in total. The summed E-state index contributed by atoms with van der Waals surface area (Å²) in [5.41, 5.74) is 1.86. The molecule has 0 aliphatic heterocycles. The van der Waals surface area contributed by atoms with E-state index in [4.69, 9.17) is 4.42 Å². The number of nitrogens with zero attached hydrogens (tertiary/aromatic N) is 1. The van der Waals surface area contributed by atoms with Gasteiger partial charge in [-0.3, -0.25) is 14.5 Å². The van der Waals surface area contributed by atoms with Crippen LogP contribution in [0.2, 0.25) is 0 Å². The molecule has 1 atom stereocenters. The number of aliphatic hydroxyl groups is 1. The summed E-state index contributed by atoms with van der Waals surface area (Å²) >= 11 is 0. The predicted octanol–water partition coefficient (Wildman–Crippen LogP) is 3.67. The molecule has 3 rings (SSSR count). The number of benzene rings is 2. The van der Waals surface area contributed by atoms with E-state index < -0.39 is 0 Å². The standard InChI is InChI=1S/C26H31N3O4/c1-19(2)24(18-30)29(16-20-9-4-3-5-10-20)17-25(31)28-23-13-7-6-12-22(23)26(32)27-15-21-11-8-14-33-21/h3-14,19,24,30H,15-18H2,1-2H3,(H,27,32)(H,28,31).